The van der Waals surface area contributed by atoms with E-state index in [0.29, 0.717) is 29.5 Å². The Labute approximate surface area is 164 Å². The standard InChI is InChI=1S/C21H24N2O5/c1-3-12-23(13-20(24)22-15-8-4-5-9-16(15)26-2)21(25)19-14-27-17-10-6-7-11-18(17)28-19/h4-11,19H,3,12-14H2,1-2H3,(H,22,24)/t19-/m1/s1. The maximum absolute atomic E-state index is 12.9. The maximum atomic E-state index is 12.9. The first-order valence-electron chi connectivity index (χ1n) is 9.22. The lowest BCUT2D eigenvalue weighted by atomic mass is 10.2. The number of nitrogens with one attached hydrogen (secondary N) is 1. The number of para-hydroxylation sites is 4. The molecule has 1 aliphatic heterocycles. The third kappa shape index (κ3) is 4.54. The molecule has 2 aromatic carbocycles. The van der Waals surface area contributed by atoms with Crippen LogP contribution >= 0.6 is 0 Å². The number of carbonyl (C=O) groups is 2. The fraction of sp³-hybridized carbons (Fsp3) is 0.333. The molecule has 28 heavy (non-hydrogen) atoms. The molecule has 0 fully saturated rings. The quantitative estimate of drug-likeness (QED) is 0.794. The third-order valence-electron chi connectivity index (χ3n) is 4.30. The van der Waals surface area contributed by atoms with E-state index < -0.39 is 6.10 Å². The predicted octanol–water partition coefficient (Wildman–Crippen LogP) is 2.71. The zero-order valence-corrected chi connectivity index (χ0v) is 16.0. The van der Waals surface area contributed by atoms with Crippen molar-refractivity contribution in [1.82, 2.24) is 4.90 Å². The SMILES string of the molecule is CCCN(CC(=O)Nc1ccccc1OC)C(=O)[C@H]1COc2ccccc2O1. The molecule has 7 nitrogen and oxygen atoms in total. The second kappa shape index (κ2) is 9.12. The van der Waals surface area contributed by atoms with Gasteiger partial charge in [-0.3, -0.25) is 9.59 Å². The number of hydrogen-bond donors (Lipinski definition) is 1. The number of anilines is 1. The Hall–Kier alpha value is -3.22. The van der Waals surface area contributed by atoms with Gasteiger partial charge in [-0.2, -0.15) is 0 Å². The highest BCUT2D eigenvalue weighted by Crippen LogP contribution is 2.31. The van der Waals surface area contributed by atoms with Gasteiger partial charge in [-0.15, -0.1) is 0 Å². The minimum atomic E-state index is -0.777. The molecule has 7 heteroatoms. The molecule has 0 spiro atoms. The number of nitrogens with zero attached hydrogens (tertiary/aromatic N) is 1. The molecule has 0 aliphatic carbocycles. The van der Waals surface area contributed by atoms with E-state index in [1.54, 1.807) is 30.3 Å². The lowest BCUT2D eigenvalue weighted by molar-refractivity contribution is -0.143. The summed E-state index contributed by atoms with van der Waals surface area (Å²) < 4.78 is 16.7. The van der Waals surface area contributed by atoms with Crippen LogP contribution < -0.4 is 19.5 Å². The minimum Gasteiger partial charge on any atom is -0.495 e. The molecule has 0 saturated carbocycles. The zero-order valence-electron chi connectivity index (χ0n) is 16.0. The normalized spacial score (nSPS) is 14.9. The van der Waals surface area contributed by atoms with Gasteiger partial charge >= 0.3 is 0 Å². The monoisotopic (exact) mass is 384 g/mol. The van der Waals surface area contributed by atoms with Gasteiger partial charge in [0.2, 0.25) is 12.0 Å². The topological polar surface area (TPSA) is 77.1 Å². The van der Waals surface area contributed by atoms with Crippen molar-refractivity contribution in [3.8, 4) is 17.2 Å². The van der Waals surface area contributed by atoms with E-state index in [-0.39, 0.29) is 25.0 Å². The van der Waals surface area contributed by atoms with Crippen LogP contribution in [-0.2, 0) is 9.59 Å². The molecule has 1 N–H and O–H groups in total. The molecule has 2 aromatic rings. The van der Waals surface area contributed by atoms with Crippen LogP contribution in [0.3, 0.4) is 0 Å². The van der Waals surface area contributed by atoms with Crippen LogP contribution in [0.4, 0.5) is 5.69 Å². The molecule has 0 bridgehead atoms. The van der Waals surface area contributed by atoms with Crippen molar-refractivity contribution >= 4 is 17.5 Å². The van der Waals surface area contributed by atoms with Gasteiger partial charge < -0.3 is 24.4 Å². The molecule has 0 saturated heterocycles. The number of carbonyl (C=O) groups excluding carboxylic acids is 2. The maximum Gasteiger partial charge on any atom is 0.267 e. The van der Waals surface area contributed by atoms with Crippen molar-refractivity contribution < 1.29 is 23.8 Å². The molecule has 0 aromatic heterocycles. The Morgan fingerprint density at radius 2 is 1.86 bits per heavy atom. The van der Waals surface area contributed by atoms with E-state index >= 15 is 0 Å². The van der Waals surface area contributed by atoms with Crippen molar-refractivity contribution in [2.45, 2.75) is 19.4 Å². The number of rotatable bonds is 7. The van der Waals surface area contributed by atoms with Crippen LogP contribution in [0.2, 0.25) is 0 Å². The number of ether oxygens (including phenoxy) is 3. The van der Waals surface area contributed by atoms with Gasteiger partial charge in [0.05, 0.1) is 19.3 Å². The summed E-state index contributed by atoms with van der Waals surface area (Å²) in [6.07, 6.45) is -0.0572. The first-order valence-corrected chi connectivity index (χ1v) is 9.22. The van der Waals surface area contributed by atoms with Crippen LogP contribution in [0, 0.1) is 0 Å². The second-order valence-corrected chi connectivity index (χ2v) is 6.37. The summed E-state index contributed by atoms with van der Waals surface area (Å²) in [5.41, 5.74) is 0.560. The molecule has 1 heterocycles. The summed E-state index contributed by atoms with van der Waals surface area (Å²) in [6.45, 7) is 2.43. The first kappa shape index (κ1) is 19.5. The highest BCUT2D eigenvalue weighted by molar-refractivity contribution is 5.96. The Balaban J connectivity index is 1.66. The van der Waals surface area contributed by atoms with Gasteiger partial charge in [-0.1, -0.05) is 31.2 Å². The molecule has 3 rings (SSSR count). The molecule has 0 unspecified atom stereocenters. The van der Waals surface area contributed by atoms with Crippen LogP contribution in [0.25, 0.3) is 0 Å². The number of methoxy groups -OCH3 is 1. The first-order chi connectivity index (χ1) is 13.6. The van der Waals surface area contributed by atoms with Crippen molar-refractivity contribution in [3.05, 3.63) is 48.5 Å². The largest absolute Gasteiger partial charge is 0.495 e. The van der Waals surface area contributed by atoms with Crippen molar-refractivity contribution in [2.75, 3.05) is 32.1 Å². The average molecular weight is 384 g/mol. The van der Waals surface area contributed by atoms with E-state index in [1.807, 2.05) is 25.1 Å². The molecule has 1 aliphatic rings. The Bertz CT molecular complexity index is 839. The summed E-state index contributed by atoms with van der Waals surface area (Å²) in [5, 5.41) is 2.79. The molecule has 2 amide bonds. The van der Waals surface area contributed by atoms with Crippen LogP contribution in [0.1, 0.15) is 13.3 Å². The molecule has 148 valence electrons. The lowest BCUT2D eigenvalue weighted by Gasteiger charge is -2.30. The van der Waals surface area contributed by atoms with Gasteiger partial charge in [0.1, 0.15) is 12.4 Å². The number of amides is 2. The predicted molar refractivity (Wildman–Crippen MR) is 105 cm³/mol. The van der Waals surface area contributed by atoms with E-state index in [4.69, 9.17) is 14.2 Å². The van der Waals surface area contributed by atoms with Crippen molar-refractivity contribution in [2.24, 2.45) is 0 Å². The fourth-order valence-electron chi connectivity index (χ4n) is 2.99. The van der Waals surface area contributed by atoms with Gasteiger partial charge in [0.15, 0.2) is 11.5 Å². The Kier molecular flexibility index (Phi) is 6.37. The lowest BCUT2D eigenvalue weighted by Crippen LogP contribution is -2.49. The number of hydrogen-bond acceptors (Lipinski definition) is 5. The summed E-state index contributed by atoms with van der Waals surface area (Å²) in [4.78, 5) is 26.9. The van der Waals surface area contributed by atoms with E-state index in [9.17, 15) is 9.59 Å². The number of fused-ring (bicyclic) bond motifs is 1. The fourth-order valence-corrected chi connectivity index (χ4v) is 2.99. The van der Waals surface area contributed by atoms with Gasteiger partial charge in [0.25, 0.3) is 5.91 Å². The molecular weight excluding hydrogens is 360 g/mol. The highest BCUT2D eigenvalue weighted by atomic mass is 16.6. The van der Waals surface area contributed by atoms with Crippen LogP contribution in [0.15, 0.2) is 48.5 Å². The zero-order chi connectivity index (χ0) is 19.9. The molecule has 1 atom stereocenters. The number of benzene rings is 2. The second-order valence-electron chi connectivity index (χ2n) is 6.37. The molecular formula is C21H24N2O5. The van der Waals surface area contributed by atoms with Crippen LogP contribution in [0.5, 0.6) is 17.2 Å². The average Bonchev–Trinajstić information content (AvgIpc) is 2.73. The van der Waals surface area contributed by atoms with Gasteiger partial charge in [-0.25, -0.2) is 0 Å². The highest BCUT2D eigenvalue weighted by Gasteiger charge is 2.31. The van der Waals surface area contributed by atoms with E-state index in [1.165, 1.54) is 12.0 Å². The summed E-state index contributed by atoms with van der Waals surface area (Å²) >= 11 is 0. The summed E-state index contributed by atoms with van der Waals surface area (Å²) in [6, 6.07) is 14.3. The summed E-state index contributed by atoms with van der Waals surface area (Å²) in [7, 11) is 1.54. The molecule has 0 radical (unpaired) electrons. The summed E-state index contributed by atoms with van der Waals surface area (Å²) in [5.74, 6) is 1.13. The minimum absolute atomic E-state index is 0.0772. The van der Waals surface area contributed by atoms with Gasteiger partial charge in [0, 0.05) is 6.54 Å². The smallest absolute Gasteiger partial charge is 0.267 e. The van der Waals surface area contributed by atoms with Crippen LogP contribution in [-0.4, -0.2) is 49.6 Å². The van der Waals surface area contributed by atoms with Crippen molar-refractivity contribution in [3.63, 3.8) is 0 Å². The van der Waals surface area contributed by atoms with E-state index in [2.05, 4.69) is 5.32 Å². The van der Waals surface area contributed by atoms with Crippen molar-refractivity contribution in [1.29, 1.82) is 0 Å². The Morgan fingerprint density at radius 1 is 1.14 bits per heavy atom. The van der Waals surface area contributed by atoms with Gasteiger partial charge in [-0.05, 0) is 30.7 Å². The van der Waals surface area contributed by atoms with E-state index in [0.717, 1.165) is 6.42 Å². The Morgan fingerprint density at radius 3 is 2.61 bits per heavy atom. The third-order valence-corrected chi connectivity index (χ3v) is 4.30.